The molecule has 0 spiro atoms. The number of aromatic nitrogens is 6. The maximum absolute atomic E-state index is 13.0. The van der Waals surface area contributed by atoms with Crippen LogP contribution in [0, 0.1) is 20.8 Å². The normalized spacial score (nSPS) is 12.5. The first-order valence-electron chi connectivity index (χ1n) is 9.99. The number of nitrogens with one attached hydrogen (secondary N) is 1. The first-order valence-corrected chi connectivity index (χ1v) is 9.99. The van der Waals surface area contributed by atoms with E-state index in [2.05, 4.69) is 20.5 Å². The van der Waals surface area contributed by atoms with Gasteiger partial charge in [0.2, 0.25) is 5.91 Å². The molecule has 156 valence electrons. The van der Waals surface area contributed by atoms with E-state index in [1.807, 2.05) is 58.0 Å². The highest BCUT2D eigenvalue weighted by molar-refractivity contribution is 5.83. The summed E-state index contributed by atoms with van der Waals surface area (Å²) in [4.78, 5) is 29.6. The standard InChI is InChI=1S/C21H25N7O2/c1-13-11-17-7-5-6-8-18(17)28-20(13)25-27(21(28)30)12-14(2)22-19(29)9-10-26-16(4)23-15(3)24-26/h5-8,11,14H,9-10,12H2,1-4H3,(H,22,29)/t14-/m0/s1. The van der Waals surface area contributed by atoms with Crippen LogP contribution in [0.3, 0.4) is 0 Å². The van der Waals surface area contributed by atoms with Gasteiger partial charge < -0.3 is 5.32 Å². The van der Waals surface area contributed by atoms with Gasteiger partial charge in [-0.2, -0.15) is 5.10 Å². The van der Waals surface area contributed by atoms with Gasteiger partial charge in [0.1, 0.15) is 11.6 Å². The molecular formula is C21H25N7O2. The van der Waals surface area contributed by atoms with Crippen molar-refractivity contribution >= 4 is 22.5 Å². The predicted octanol–water partition coefficient (Wildman–Crippen LogP) is 1.76. The molecule has 0 bridgehead atoms. The van der Waals surface area contributed by atoms with Gasteiger partial charge in [-0.05, 0) is 50.8 Å². The Balaban J connectivity index is 1.48. The molecule has 1 amide bonds. The monoisotopic (exact) mass is 407 g/mol. The second kappa shape index (κ2) is 7.74. The molecule has 9 nitrogen and oxygen atoms in total. The highest BCUT2D eigenvalue weighted by Gasteiger charge is 2.16. The van der Waals surface area contributed by atoms with Crippen LogP contribution in [0.5, 0.6) is 0 Å². The van der Waals surface area contributed by atoms with E-state index in [0.717, 1.165) is 22.3 Å². The first kappa shape index (κ1) is 19.8. The van der Waals surface area contributed by atoms with Gasteiger partial charge in [-0.1, -0.05) is 18.2 Å². The Morgan fingerprint density at radius 1 is 1.13 bits per heavy atom. The van der Waals surface area contributed by atoms with Gasteiger partial charge in [-0.3, -0.25) is 4.79 Å². The average Bonchev–Trinajstić information content (AvgIpc) is 3.19. The summed E-state index contributed by atoms with van der Waals surface area (Å²) in [7, 11) is 0. The lowest BCUT2D eigenvalue weighted by molar-refractivity contribution is -0.122. The van der Waals surface area contributed by atoms with Crippen LogP contribution in [0.15, 0.2) is 35.1 Å². The fourth-order valence-corrected chi connectivity index (χ4v) is 3.74. The van der Waals surface area contributed by atoms with E-state index in [-0.39, 0.29) is 24.1 Å². The number of pyridine rings is 1. The van der Waals surface area contributed by atoms with Gasteiger partial charge in [0.05, 0.1) is 18.6 Å². The van der Waals surface area contributed by atoms with Gasteiger partial charge in [-0.15, -0.1) is 5.10 Å². The Bertz CT molecular complexity index is 1300. The van der Waals surface area contributed by atoms with Crippen molar-refractivity contribution in [1.29, 1.82) is 0 Å². The smallest absolute Gasteiger partial charge is 0.350 e. The largest absolute Gasteiger partial charge is 0.352 e. The number of aryl methyl sites for hydroxylation is 4. The number of fused-ring (bicyclic) bond motifs is 3. The Labute approximate surface area is 173 Å². The number of benzene rings is 1. The van der Waals surface area contributed by atoms with Crippen LogP contribution in [-0.2, 0) is 17.9 Å². The van der Waals surface area contributed by atoms with Crippen molar-refractivity contribution in [1.82, 2.24) is 34.3 Å². The highest BCUT2D eigenvalue weighted by atomic mass is 16.2. The summed E-state index contributed by atoms with van der Waals surface area (Å²) in [6.07, 6.45) is 0.289. The third-order valence-electron chi connectivity index (χ3n) is 5.11. The van der Waals surface area contributed by atoms with Crippen molar-refractivity contribution in [3.63, 3.8) is 0 Å². The summed E-state index contributed by atoms with van der Waals surface area (Å²) in [5, 5.41) is 12.7. The van der Waals surface area contributed by atoms with Crippen molar-refractivity contribution in [2.75, 3.05) is 0 Å². The van der Waals surface area contributed by atoms with Gasteiger partial charge in [0.25, 0.3) is 0 Å². The third kappa shape index (κ3) is 3.70. The fourth-order valence-electron chi connectivity index (χ4n) is 3.74. The Kier molecular flexibility index (Phi) is 5.11. The summed E-state index contributed by atoms with van der Waals surface area (Å²) in [6, 6.07) is 9.53. The van der Waals surface area contributed by atoms with Crippen LogP contribution < -0.4 is 11.0 Å². The molecular weight excluding hydrogens is 382 g/mol. The molecule has 3 heterocycles. The van der Waals surface area contributed by atoms with Gasteiger partial charge in [0.15, 0.2) is 5.65 Å². The molecule has 1 atom stereocenters. The van der Waals surface area contributed by atoms with Gasteiger partial charge in [-0.25, -0.2) is 23.5 Å². The first-order chi connectivity index (χ1) is 14.3. The Morgan fingerprint density at radius 2 is 1.90 bits per heavy atom. The Morgan fingerprint density at radius 3 is 2.63 bits per heavy atom. The van der Waals surface area contributed by atoms with Crippen LogP contribution in [0.25, 0.3) is 16.6 Å². The van der Waals surface area contributed by atoms with Crippen molar-refractivity contribution < 1.29 is 4.79 Å². The summed E-state index contributed by atoms with van der Waals surface area (Å²) in [5.41, 5.74) is 2.18. The number of amides is 1. The van der Waals surface area contributed by atoms with E-state index >= 15 is 0 Å². The number of hydrogen-bond acceptors (Lipinski definition) is 5. The van der Waals surface area contributed by atoms with Crippen LogP contribution in [0.4, 0.5) is 0 Å². The van der Waals surface area contributed by atoms with Crippen molar-refractivity contribution in [3.05, 3.63) is 58.0 Å². The molecule has 0 aliphatic carbocycles. The lowest BCUT2D eigenvalue weighted by Gasteiger charge is -2.13. The molecule has 3 aromatic heterocycles. The lowest BCUT2D eigenvalue weighted by atomic mass is 10.1. The van der Waals surface area contributed by atoms with Gasteiger partial charge >= 0.3 is 5.69 Å². The fraction of sp³-hybridized carbons (Fsp3) is 0.381. The topological polar surface area (TPSA) is 99.1 Å². The number of rotatable bonds is 6. The number of hydrogen-bond donors (Lipinski definition) is 1. The van der Waals surface area contributed by atoms with E-state index in [0.29, 0.717) is 24.6 Å². The average molecular weight is 407 g/mol. The molecule has 4 rings (SSSR count). The molecule has 9 heteroatoms. The minimum atomic E-state index is -0.245. The van der Waals surface area contributed by atoms with Crippen LogP contribution >= 0.6 is 0 Å². The molecule has 4 aromatic rings. The van der Waals surface area contributed by atoms with Crippen molar-refractivity contribution in [2.24, 2.45) is 0 Å². The molecule has 30 heavy (non-hydrogen) atoms. The molecule has 0 saturated carbocycles. The lowest BCUT2D eigenvalue weighted by Crippen LogP contribution is -2.38. The summed E-state index contributed by atoms with van der Waals surface area (Å²) in [5.74, 6) is 1.37. The number of nitrogens with zero attached hydrogens (tertiary/aromatic N) is 6. The number of carbonyl (C=O) groups is 1. The van der Waals surface area contributed by atoms with E-state index in [4.69, 9.17) is 0 Å². The quantitative estimate of drug-likeness (QED) is 0.525. The molecule has 1 aromatic carbocycles. The van der Waals surface area contributed by atoms with E-state index in [9.17, 15) is 9.59 Å². The van der Waals surface area contributed by atoms with E-state index < -0.39 is 0 Å². The second-order valence-corrected chi connectivity index (χ2v) is 7.66. The zero-order valence-electron chi connectivity index (χ0n) is 17.6. The minimum absolute atomic E-state index is 0.103. The number of para-hydroxylation sites is 1. The van der Waals surface area contributed by atoms with Gasteiger partial charge in [0, 0.05) is 12.5 Å². The second-order valence-electron chi connectivity index (χ2n) is 7.66. The molecule has 0 aliphatic heterocycles. The van der Waals surface area contributed by atoms with Crippen LogP contribution in [0.1, 0.15) is 30.6 Å². The predicted molar refractivity (Wildman–Crippen MR) is 113 cm³/mol. The third-order valence-corrected chi connectivity index (χ3v) is 5.11. The molecule has 0 unspecified atom stereocenters. The van der Waals surface area contributed by atoms with Crippen LogP contribution in [-0.4, -0.2) is 40.9 Å². The van der Waals surface area contributed by atoms with Crippen molar-refractivity contribution in [3.8, 4) is 0 Å². The molecule has 0 fully saturated rings. The maximum Gasteiger partial charge on any atom is 0.350 e. The van der Waals surface area contributed by atoms with E-state index in [1.54, 1.807) is 9.08 Å². The number of carbonyl (C=O) groups excluding carboxylic acids is 1. The minimum Gasteiger partial charge on any atom is -0.352 e. The van der Waals surface area contributed by atoms with Crippen LogP contribution in [0.2, 0.25) is 0 Å². The molecule has 0 saturated heterocycles. The zero-order valence-corrected chi connectivity index (χ0v) is 17.6. The maximum atomic E-state index is 13.0. The summed E-state index contributed by atoms with van der Waals surface area (Å²) in [6.45, 7) is 8.25. The summed E-state index contributed by atoms with van der Waals surface area (Å²) < 4.78 is 4.78. The Hall–Kier alpha value is -3.49. The molecule has 0 radical (unpaired) electrons. The van der Waals surface area contributed by atoms with E-state index in [1.165, 1.54) is 4.68 Å². The van der Waals surface area contributed by atoms with Crippen molar-refractivity contribution in [2.45, 2.75) is 53.2 Å². The highest BCUT2D eigenvalue weighted by Crippen LogP contribution is 2.18. The summed E-state index contributed by atoms with van der Waals surface area (Å²) >= 11 is 0. The molecule has 0 aliphatic rings. The zero-order chi connectivity index (χ0) is 21.4. The molecule has 1 N–H and O–H groups in total. The SMILES string of the molecule is Cc1nc(C)n(CCC(=O)N[C@@H](C)Cn2nc3c(C)cc4ccccc4n3c2=O)n1.